The van der Waals surface area contributed by atoms with Gasteiger partial charge in [-0.1, -0.05) is 0 Å². The van der Waals surface area contributed by atoms with Gasteiger partial charge in [-0.25, -0.2) is 4.79 Å². The highest BCUT2D eigenvalue weighted by Gasteiger charge is 2.31. The van der Waals surface area contributed by atoms with E-state index in [1.54, 1.807) is 0 Å². The SMILES string of the molecule is CC(O)C(N)C(=O)NC(CC(N)=O)C(=O)NC(CCCN=C(N)N)C(=O)NC(CCCCN)C(=O)O. The summed E-state index contributed by atoms with van der Waals surface area (Å²) in [4.78, 5) is 64.8. The maximum atomic E-state index is 12.9. The van der Waals surface area contributed by atoms with Gasteiger partial charge in [0, 0.05) is 6.54 Å². The lowest BCUT2D eigenvalue weighted by atomic mass is 10.1. The van der Waals surface area contributed by atoms with Gasteiger partial charge in [0.1, 0.15) is 24.2 Å². The summed E-state index contributed by atoms with van der Waals surface area (Å²) in [7, 11) is 0. The summed E-state index contributed by atoms with van der Waals surface area (Å²) in [5.74, 6) is -5.05. The molecule has 16 heteroatoms. The van der Waals surface area contributed by atoms with Crippen molar-refractivity contribution in [3.63, 3.8) is 0 Å². The molecule has 0 fully saturated rings. The summed E-state index contributed by atoms with van der Waals surface area (Å²) in [5.41, 5.74) is 26.7. The summed E-state index contributed by atoms with van der Waals surface area (Å²) in [6, 6.07) is -5.39. The molecule has 4 amide bonds. The van der Waals surface area contributed by atoms with E-state index in [1.807, 2.05) is 0 Å². The van der Waals surface area contributed by atoms with Crippen molar-refractivity contribution in [2.75, 3.05) is 13.1 Å². The first kappa shape index (κ1) is 32.5. The second-order valence-corrected chi connectivity index (χ2v) is 8.19. The van der Waals surface area contributed by atoms with Crippen LogP contribution in [0.3, 0.4) is 0 Å². The standard InChI is InChI=1S/C20H39N9O7/c1-10(30)15(23)18(34)29-13(9-14(22)31)17(33)27-11(6-4-8-26-20(24)25)16(32)28-12(19(35)36)5-2-3-7-21/h10-13,15,30H,2-9,21,23H2,1H3,(H2,22,31)(H,27,33)(H,28,32)(H,29,34)(H,35,36)(H4,24,25,26). The number of carbonyl (C=O) groups is 5. The number of carboxylic acids is 1. The Morgan fingerprint density at radius 2 is 1.36 bits per heavy atom. The number of carbonyl (C=O) groups excluding carboxylic acids is 4. The summed E-state index contributed by atoms with van der Waals surface area (Å²) >= 11 is 0. The van der Waals surface area contributed by atoms with E-state index < -0.39 is 66.3 Å². The Labute approximate surface area is 208 Å². The van der Waals surface area contributed by atoms with Crippen LogP contribution in [0.15, 0.2) is 4.99 Å². The van der Waals surface area contributed by atoms with Crippen molar-refractivity contribution in [1.82, 2.24) is 16.0 Å². The molecule has 36 heavy (non-hydrogen) atoms. The molecule has 0 spiro atoms. The molecule has 0 aliphatic carbocycles. The highest BCUT2D eigenvalue weighted by molar-refractivity contribution is 5.96. The van der Waals surface area contributed by atoms with Crippen LogP contribution in [0.5, 0.6) is 0 Å². The van der Waals surface area contributed by atoms with Crippen molar-refractivity contribution in [1.29, 1.82) is 0 Å². The molecule has 0 bridgehead atoms. The van der Waals surface area contributed by atoms with E-state index in [0.717, 1.165) is 0 Å². The van der Waals surface area contributed by atoms with Crippen LogP contribution < -0.4 is 44.6 Å². The molecule has 0 aromatic rings. The number of carboxylic acid groups (broad SMARTS) is 1. The number of aliphatic imine (C=N–C) groups is 1. The summed E-state index contributed by atoms with van der Waals surface area (Å²) in [6.45, 7) is 1.73. The van der Waals surface area contributed by atoms with Gasteiger partial charge in [-0.3, -0.25) is 24.2 Å². The van der Waals surface area contributed by atoms with E-state index in [-0.39, 0.29) is 31.8 Å². The average Bonchev–Trinajstić information content (AvgIpc) is 2.78. The fourth-order valence-electron chi connectivity index (χ4n) is 2.96. The first-order valence-corrected chi connectivity index (χ1v) is 11.4. The first-order valence-electron chi connectivity index (χ1n) is 11.4. The largest absolute Gasteiger partial charge is 0.480 e. The van der Waals surface area contributed by atoms with Gasteiger partial charge in [0.05, 0.1) is 12.5 Å². The van der Waals surface area contributed by atoms with Gasteiger partial charge in [0.2, 0.25) is 23.6 Å². The Morgan fingerprint density at radius 1 is 0.833 bits per heavy atom. The number of hydrogen-bond acceptors (Lipinski definition) is 9. The smallest absolute Gasteiger partial charge is 0.326 e. The molecule has 206 valence electrons. The Balaban J connectivity index is 5.63. The van der Waals surface area contributed by atoms with Crippen molar-refractivity contribution in [2.45, 2.75) is 75.7 Å². The van der Waals surface area contributed by atoms with Gasteiger partial charge >= 0.3 is 5.97 Å². The lowest BCUT2D eigenvalue weighted by Gasteiger charge is -2.25. The zero-order valence-electron chi connectivity index (χ0n) is 20.3. The minimum absolute atomic E-state index is 0.00603. The lowest BCUT2D eigenvalue weighted by molar-refractivity contribution is -0.142. The van der Waals surface area contributed by atoms with E-state index in [2.05, 4.69) is 20.9 Å². The molecule has 0 aliphatic heterocycles. The van der Waals surface area contributed by atoms with E-state index in [0.29, 0.717) is 19.4 Å². The summed E-state index contributed by atoms with van der Waals surface area (Å²) in [6.07, 6.45) is -0.529. The van der Waals surface area contributed by atoms with Crippen molar-refractivity contribution in [3.05, 3.63) is 0 Å². The molecule has 5 unspecified atom stereocenters. The van der Waals surface area contributed by atoms with Crippen molar-refractivity contribution >= 4 is 35.6 Å². The molecular weight excluding hydrogens is 478 g/mol. The van der Waals surface area contributed by atoms with Gasteiger partial charge < -0.3 is 54.8 Å². The topological polar surface area (TPSA) is 304 Å². The van der Waals surface area contributed by atoms with Crippen molar-refractivity contribution in [3.8, 4) is 0 Å². The minimum atomic E-state index is -1.51. The summed E-state index contributed by atoms with van der Waals surface area (Å²) in [5, 5.41) is 25.9. The predicted octanol–water partition coefficient (Wildman–Crippen LogP) is -4.71. The number of nitrogens with two attached hydrogens (primary N) is 5. The molecular formula is C20H39N9O7. The number of aliphatic hydroxyl groups excluding tert-OH is 1. The molecule has 16 nitrogen and oxygen atoms in total. The number of guanidine groups is 1. The predicted molar refractivity (Wildman–Crippen MR) is 130 cm³/mol. The Bertz CT molecular complexity index is 787. The highest BCUT2D eigenvalue weighted by atomic mass is 16.4. The number of aliphatic carboxylic acids is 1. The zero-order chi connectivity index (χ0) is 27.8. The fraction of sp³-hybridized carbons (Fsp3) is 0.700. The minimum Gasteiger partial charge on any atom is -0.480 e. The summed E-state index contributed by atoms with van der Waals surface area (Å²) < 4.78 is 0. The van der Waals surface area contributed by atoms with E-state index in [4.69, 9.17) is 28.7 Å². The number of primary amides is 1. The Morgan fingerprint density at radius 3 is 1.86 bits per heavy atom. The first-order chi connectivity index (χ1) is 16.8. The van der Waals surface area contributed by atoms with E-state index >= 15 is 0 Å². The van der Waals surface area contributed by atoms with Crippen LogP contribution in [0, 0.1) is 0 Å². The number of amides is 4. The van der Waals surface area contributed by atoms with Crippen LogP contribution in [-0.2, 0) is 24.0 Å². The lowest BCUT2D eigenvalue weighted by Crippen LogP contribution is -2.58. The van der Waals surface area contributed by atoms with E-state index in [9.17, 15) is 34.2 Å². The Hall–Kier alpha value is -3.50. The number of unbranched alkanes of at least 4 members (excludes halogenated alkanes) is 1. The molecule has 0 saturated carbocycles. The molecule has 15 N–H and O–H groups in total. The third-order valence-electron chi connectivity index (χ3n) is 5.00. The maximum Gasteiger partial charge on any atom is 0.326 e. The van der Waals surface area contributed by atoms with Crippen LogP contribution in [0.4, 0.5) is 0 Å². The van der Waals surface area contributed by atoms with Gasteiger partial charge in [0.25, 0.3) is 0 Å². The van der Waals surface area contributed by atoms with Crippen LogP contribution >= 0.6 is 0 Å². The third-order valence-corrected chi connectivity index (χ3v) is 5.00. The molecule has 0 saturated heterocycles. The highest BCUT2D eigenvalue weighted by Crippen LogP contribution is 2.06. The van der Waals surface area contributed by atoms with Crippen LogP contribution in [0.2, 0.25) is 0 Å². The van der Waals surface area contributed by atoms with Crippen LogP contribution in [0.1, 0.15) is 45.4 Å². The number of rotatable bonds is 18. The van der Waals surface area contributed by atoms with Gasteiger partial charge in [0.15, 0.2) is 5.96 Å². The van der Waals surface area contributed by atoms with Crippen LogP contribution in [0.25, 0.3) is 0 Å². The molecule has 0 aromatic carbocycles. The number of nitrogens with one attached hydrogen (secondary N) is 3. The van der Waals surface area contributed by atoms with Crippen molar-refractivity contribution in [2.24, 2.45) is 33.7 Å². The fourth-order valence-corrected chi connectivity index (χ4v) is 2.96. The quantitative estimate of drug-likeness (QED) is 0.0467. The third kappa shape index (κ3) is 13.4. The Kier molecular flexibility index (Phi) is 15.4. The number of aliphatic hydroxyl groups is 1. The number of nitrogens with zero attached hydrogens (tertiary/aromatic N) is 1. The van der Waals surface area contributed by atoms with Gasteiger partial charge in [-0.05, 0) is 45.6 Å². The van der Waals surface area contributed by atoms with Gasteiger partial charge in [-0.2, -0.15) is 0 Å². The van der Waals surface area contributed by atoms with E-state index in [1.165, 1.54) is 6.92 Å². The molecule has 0 aromatic heterocycles. The second-order valence-electron chi connectivity index (χ2n) is 8.19. The monoisotopic (exact) mass is 517 g/mol. The van der Waals surface area contributed by atoms with Crippen molar-refractivity contribution < 1.29 is 34.2 Å². The number of hydrogen-bond donors (Lipinski definition) is 10. The van der Waals surface area contributed by atoms with Gasteiger partial charge in [-0.15, -0.1) is 0 Å². The zero-order valence-corrected chi connectivity index (χ0v) is 20.3. The molecule has 5 atom stereocenters. The molecule has 0 aliphatic rings. The average molecular weight is 518 g/mol. The molecule has 0 radical (unpaired) electrons. The second kappa shape index (κ2) is 17.0. The molecule has 0 rings (SSSR count). The maximum absolute atomic E-state index is 12.9. The normalized spacial score (nSPS) is 14.9. The van der Waals surface area contributed by atoms with Crippen LogP contribution in [-0.4, -0.2) is 89.1 Å². The molecule has 0 heterocycles.